The Hall–Kier alpha value is -1.50. The zero-order valence-corrected chi connectivity index (χ0v) is 30.4. The van der Waals surface area contributed by atoms with Crippen LogP contribution in [0.2, 0.25) is 0 Å². The van der Waals surface area contributed by atoms with Gasteiger partial charge in [-0.25, -0.2) is 4.57 Å². The minimum absolute atomic E-state index is 0.252. The first-order chi connectivity index (χ1) is 22.3. The molecule has 0 fully saturated rings. The Balaban J connectivity index is 4.06. The van der Waals surface area contributed by atoms with Gasteiger partial charge in [0.05, 0.1) is 18.8 Å². The lowest BCUT2D eigenvalue weighted by molar-refractivity contribution is -0.123. The van der Waals surface area contributed by atoms with Gasteiger partial charge in [0.1, 0.15) is 0 Å². The Morgan fingerprint density at radius 2 is 1.04 bits per heavy atom. The Morgan fingerprint density at radius 3 is 1.52 bits per heavy atom. The molecule has 0 rings (SSSR count). The lowest BCUT2D eigenvalue weighted by Gasteiger charge is -2.24. The number of allylic oxidation sites excluding steroid dienone is 8. The number of aliphatic hydroxyl groups is 1. The van der Waals surface area contributed by atoms with Crippen LogP contribution in [0.5, 0.6) is 0 Å². The van der Waals surface area contributed by atoms with Crippen LogP contribution in [0.4, 0.5) is 0 Å². The summed E-state index contributed by atoms with van der Waals surface area (Å²) in [5.41, 5.74) is 0. The molecular weight excluding hydrogens is 597 g/mol. The second-order valence-corrected chi connectivity index (χ2v) is 13.8. The minimum atomic E-state index is -4.70. The number of carbonyl (C=O) groups excluding carboxylic acids is 1. The molecule has 1 amide bonds. The van der Waals surface area contributed by atoms with Crippen LogP contribution in [-0.4, -0.2) is 39.6 Å². The summed E-state index contributed by atoms with van der Waals surface area (Å²) in [6, 6.07) is -0.852. The van der Waals surface area contributed by atoms with Gasteiger partial charge in [-0.1, -0.05) is 159 Å². The molecule has 0 aromatic rings. The van der Waals surface area contributed by atoms with Crippen LogP contribution >= 0.6 is 7.82 Å². The van der Waals surface area contributed by atoms with Gasteiger partial charge in [0.2, 0.25) is 5.91 Å². The summed E-state index contributed by atoms with van der Waals surface area (Å²) in [7, 11) is -4.70. The molecule has 0 aromatic heterocycles. The number of phosphoric ester groups is 1. The average molecular weight is 668 g/mol. The zero-order chi connectivity index (χ0) is 34.0. The van der Waals surface area contributed by atoms with Crippen molar-refractivity contribution >= 4 is 13.7 Å². The Morgan fingerprint density at radius 1 is 0.630 bits per heavy atom. The lowest BCUT2D eigenvalue weighted by atomic mass is 10.0. The van der Waals surface area contributed by atoms with E-state index in [0.29, 0.717) is 12.8 Å². The molecule has 0 heterocycles. The first kappa shape index (κ1) is 44.5. The normalized spacial score (nSPS) is 13.9. The molecule has 8 heteroatoms. The molecule has 0 saturated carbocycles. The van der Waals surface area contributed by atoms with Crippen molar-refractivity contribution in [3.05, 3.63) is 48.6 Å². The van der Waals surface area contributed by atoms with E-state index in [1.165, 1.54) is 89.9 Å². The van der Waals surface area contributed by atoms with E-state index < -0.39 is 26.6 Å². The van der Waals surface area contributed by atoms with E-state index >= 15 is 0 Å². The fourth-order valence-electron chi connectivity index (χ4n) is 5.22. The highest BCUT2D eigenvalue weighted by molar-refractivity contribution is 7.46. The van der Waals surface area contributed by atoms with Crippen molar-refractivity contribution in [3.8, 4) is 0 Å². The number of hydrogen-bond acceptors (Lipinski definition) is 4. The van der Waals surface area contributed by atoms with Gasteiger partial charge in [-0.2, -0.15) is 0 Å². The fourth-order valence-corrected chi connectivity index (χ4v) is 5.57. The quantitative estimate of drug-likeness (QED) is 0.0314. The SMILES string of the molecule is CCCCCCCCC/C=C\C/C=C\C/C=C\C/C=C\CCCC(=O)N[C@@H](COP(=O)(O)O)[C@H](O)CCCCCCCCCCC. The van der Waals surface area contributed by atoms with E-state index in [1.54, 1.807) is 0 Å². The predicted octanol–water partition coefficient (Wildman–Crippen LogP) is 10.6. The number of hydrogen-bond donors (Lipinski definition) is 4. The molecule has 7 nitrogen and oxygen atoms in total. The van der Waals surface area contributed by atoms with Gasteiger partial charge in [-0.05, 0) is 51.4 Å². The number of unbranched alkanes of at least 4 members (excludes halogenated alkanes) is 16. The van der Waals surface area contributed by atoms with Gasteiger partial charge in [-0.15, -0.1) is 0 Å². The van der Waals surface area contributed by atoms with Gasteiger partial charge in [0.15, 0.2) is 0 Å². The van der Waals surface area contributed by atoms with E-state index in [9.17, 15) is 14.5 Å². The van der Waals surface area contributed by atoms with Crippen LogP contribution in [0.1, 0.15) is 168 Å². The van der Waals surface area contributed by atoms with Crippen molar-refractivity contribution in [1.82, 2.24) is 5.32 Å². The third-order valence-corrected chi connectivity index (χ3v) is 8.55. The van der Waals surface area contributed by atoms with Crippen LogP contribution in [0.25, 0.3) is 0 Å². The lowest BCUT2D eigenvalue weighted by Crippen LogP contribution is -2.46. The van der Waals surface area contributed by atoms with Crippen molar-refractivity contribution in [2.75, 3.05) is 6.61 Å². The largest absolute Gasteiger partial charge is 0.469 e. The second-order valence-electron chi connectivity index (χ2n) is 12.5. The third-order valence-electron chi connectivity index (χ3n) is 8.07. The number of amides is 1. The highest BCUT2D eigenvalue weighted by Gasteiger charge is 2.25. The van der Waals surface area contributed by atoms with Crippen molar-refractivity contribution < 1.29 is 28.8 Å². The van der Waals surface area contributed by atoms with Crippen LogP contribution in [0.3, 0.4) is 0 Å². The van der Waals surface area contributed by atoms with E-state index in [2.05, 4.69) is 72.3 Å². The molecule has 46 heavy (non-hydrogen) atoms. The summed E-state index contributed by atoms with van der Waals surface area (Å²) in [5.74, 6) is -0.252. The molecule has 0 saturated heterocycles. The second kappa shape index (κ2) is 33.4. The molecule has 0 unspecified atom stereocenters. The summed E-state index contributed by atoms with van der Waals surface area (Å²) in [6.45, 7) is 4.05. The average Bonchev–Trinajstić information content (AvgIpc) is 3.02. The number of carbonyl (C=O) groups is 1. The summed E-state index contributed by atoms with van der Waals surface area (Å²) in [6.07, 6.45) is 42.5. The van der Waals surface area contributed by atoms with E-state index in [-0.39, 0.29) is 12.3 Å². The van der Waals surface area contributed by atoms with Gasteiger partial charge < -0.3 is 20.2 Å². The first-order valence-corrected chi connectivity index (χ1v) is 20.1. The zero-order valence-electron chi connectivity index (χ0n) is 29.5. The topological polar surface area (TPSA) is 116 Å². The van der Waals surface area contributed by atoms with Crippen LogP contribution in [-0.2, 0) is 13.9 Å². The first-order valence-electron chi connectivity index (χ1n) is 18.6. The van der Waals surface area contributed by atoms with E-state index in [4.69, 9.17) is 9.79 Å². The summed E-state index contributed by atoms with van der Waals surface area (Å²) in [4.78, 5) is 30.7. The highest BCUT2D eigenvalue weighted by Crippen LogP contribution is 2.36. The Labute approximate surface area is 282 Å². The van der Waals surface area contributed by atoms with Crippen LogP contribution in [0.15, 0.2) is 48.6 Å². The van der Waals surface area contributed by atoms with E-state index in [0.717, 1.165) is 44.9 Å². The molecule has 0 radical (unpaired) electrons. The van der Waals surface area contributed by atoms with Gasteiger partial charge in [-0.3, -0.25) is 9.32 Å². The van der Waals surface area contributed by atoms with Crippen LogP contribution in [0, 0.1) is 0 Å². The molecule has 0 spiro atoms. The Kier molecular flexibility index (Phi) is 32.3. The van der Waals surface area contributed by atoms with Gasteiger partial charge in [0.25, 0.3) is 0 Å². The molecule has 2 atom stereocenters. The smallest absolute Gasteiger partial charge is 0.391 e. The summed E-state index contributed by atoms with van der Waals surface area (Å²) in [5, 5.41) is 13.4. The monoisotopic (exact) mass is 667 g/mol. The van der Waals surface area contributed by atoms with Gasteiger partial charge in [0, 0.05) is 6.42 Å². The summed E-state index contributed by atoms with van der Waals surface area (Å²) >= 11 is 0. The molecule has 0 aliphatic rings. The Bertz CT molecular complexity index is 850. The molecule has 268 valence electrons. The van der Waals surface area contributed by atoms with E-state index in [1.807, 2.05) is 0 Å². The summed E-state index contributed by atoms with van der Waals surface area (Å²) < 4.78 is 15.8. The third kappa shape index (κ3) is 33.9. The molecule has 4 N–H and O–H groups in total. The molecule has 0 bridgehead atoms. The molecule has 0 aliphatic heterocycles. The molecular formula is C38H70NO6P. The van der Waals surface area contributed by atoms with Gasteiger partial charge >= 0.3 is 7.82 Å². The van der Waals surface area contributed by atoms with Crippen molar-refractivity contribution in [2.45, 2.75) is 180 Å². The maximum absolute atomic E-state index is 12.5. The molecule has 0 aliphatic carbocycles. The van der Waals surface area contributed by atoms with Crippen LogP contribution < -0.4 is 5.32 Å². The number of nitrogens with one attached hydrogen (secondary N) is 1. The maximum atomic E-state index is 12.5. The standard InChI is InChI=1S/C38H70NO6P/c1-3-5-7-9-11-13-14-15-16-17-18-19-20-21-22-23-24-26-28-30-32-34-38(41)39-36(35-45-46(42,43)44)37(40)33-31-29-27-25-12-10-8-6-4-2/h16-17,19-20,22-23,26,28,36-37,40H,3-15,18,21,24-25,27,29-35H2,1-2H3,(H,39,41)(H2,42,43,44)/b17-16-,20-19-,23-22-,28-26-/t36-,37+/m0/s1. The highest BCUT2D eigenvalue weighted by atomic mass is 31.2. The molecule has 0 aromatic carbocycles. The predicted molar refractivity (Wildman–Crippen MR) is 195 cm³/mol. The van der Waals surface area contributed by atoms with Crippen molar-refractivity contribution in [3.63, 3.8) is 0 Å². The fraction of sp³-hybridized carbons (Fsp3) is 0.763. The minimum Gasteiger partial charge on any atom is -0.391 e. The number of aliphatic hydroxyl groups excluding tert-OH is 1. The van der Waals surface area contributed by atoms with Crippen molar-refractivity contribution in [1.29, 1.82) is 0 Å². The maximum Gasteiger partial charge on any atom is 0.469 e. The van der Waals surface area contributed by atoms with Crippen molar-refractivity contribution in [2.24, 2.45) is 0 Å². The number of phosphoric acid groups is 1. The number of rotatable bonds is 33.